The van der Waals surface area contributed by atoms with Crippen LogP contribution < -0.4 is 0 Å². The second-order valence-electron chi connectivity index (χ2n) is 5.95. The lowest BCUT2D eigenvalue weighted by Gasteiger charge is -2.23. The highest BCUT2D eigenvalue weighted by Gasteiger charge is 2.38. The molecule has 4 heteroatoms. The van der Waals surface area contributed by atoms with Crippen LogP contribution in [0.25, 0.3) is 0 Å². The number of nitrogens with zero attached hydrogens (tertiary/aromatic N) is 1. The Balaban J connectivity index is 1.57. The van der Waals surface area contributed by atoms with Gasteiger partial charge < -0.3 is 15.3 Å². The van der Waals surface area contributed by atoms with Crippen molar-refractivity contribution in [2.75, 3.05) is 19.7 Å². The van der Waals surface area contributed by atoms with Gasteiger partial charge >= 0.3 is 0 Å². The Kier molecular flexibility index (Phi) is 6.64. The largest absolute Gasteiger partial charge is 0.395 e. The van der Waals surface area contributed by atoms with Gasteiger partial charge in [0.15, 0.2) is 0 Å². The van der Waals surface area contributed by atoms with E-state index < -0.39 is 12.2 Å². The molecule has 1 fully saturated rings. The second-order valence-corrected chi connectivity index (χ2v) is 5.95. The van der Waals surface area contributed by atoms with Crippen LogP contribution in [-0.4, -0.2) is 58.2 Å². The van der Waals surface area contributed by atoms with Crippen LogP contribution in [0, 0.1) is 0 Å². The van der Waals surface area contributed by atoms with Gasteiger partial charge in [-0.2, -0.15) is 0 Å². The van der Waals surface area contributed by atoms with Crippen LogP contribution in [0.3, 0.4) is 0 Å². The van der Waals surface area contributed by atoms with Crippen molar-refractivity contribution in [3.8, 4) is 0 Å². The van der Waals surface area contributed by atoms with Crippen molar-refractivity contribution in [1.29, 1.82) is 0 Å². The summed E-state index contributed by atoms with van der Waals surface area (Å²) in [5, 5.41) is 28.7. The van der Waals surface area contributed by atoms with Crippen molar-refractivity contribution in [3.05, 3.63) is 35.9 Å². The number of benzene rings is 1. The molecule has 1 aliphatic heterocycles. The quantitative estimate of drug-likeness (QED) is 0.630. The van der Waals surface area contributed by atoms with E-state index in [1.54, 1.807) is 0 Å². The highest BCUT2D eigenvalue weighted by Crippen LogP contribution is 2.19. The molecule has 0 aliphatic carbocycles. The summed E-state index contributed by atoms with van der Waals surface area (Å²) in [6.45, 7) is 1.22. The lowest BCUT2D eigenvalue weighted by atomic mass is 10.1. The highest BCUT2D eigenvalue weighted by atomic mass is 16.3. The van der Waals surface area contributed by atoms with E-state index in [0.717, 1.165) is 25.8 Å². The third-order valence-electron chi connectivity index (χ3n) is 4.37. The molecule has 1 aromatic carbocycles. The number of unbranched alkanes of at least 4 members (excludes halogenated alkanes) is 3. The van der Waals surface area contributed by atoms with E-state index in [0.29, 0.717) is 6.54 Å². The van der Waals surface area contributed by atoms with E-state index in [-0.39, 0.29) is 12.6 Å². The van der Waals surface area contributed by atoms with E-state index in [1.165, 1.54) is 18.4 Å². The van der Waals surface area contributed by atoms with Crippen LogP contribution >= 0.6 is 0 Å². The molecule has 0 saturated carbocycles. The molecule has 1 aromatic rings. The van der Waals surface area contributed by atoms with Crippen molar-refractivity contribution in [2.24, 2.45) is 0 Å². The van der Waals surface area contributed by atoms with Gasteiger partial charge in [0.05, 0.1) is 24.9 Å². The normalized spacial score (nSPS) is 26.3. The fourth-order valence-electron chi connectivity index (χ4n) is 3.08. The van der Waals surface area contributed by atoms with Crippen LogP contribution in [0.15, 0.2) is 30.3 Å². The summed E-state index contributed by atoms with van der Waals surface area (Å²) in [5.74, 6) is 0. The van der Waals surface area contributed by atoms with Crippen LogP contribution in [-0.2, 0) is 6.42 Å². The maximum Gasteiger partial charge on any atom is 0.0988 e. The Morgan fingerprint density at radius 3 is 2.43 bits per heavy atom. The molecule has 0 unspecified atom stereocenters. The van der Waals surface area contributed by atoms with Gasteiger partial charge in [-0.1, -0.05) is 43.2 Å². The monoisotopic (exact) mass is 293 g/mol. The number of hydrogen-bond acceptors (Lipinski definition) is 4. The molecule has 1 aliphatic rings. The summed E-state index contributed by atoms with van der Waals surface area (Å²) in [4.78, 5) is 2.01. The zero-order valence-electron chi connectivity index (χ0n) is 12.6. The number of likely N-dealkylation sites (tertiary alicyclic amines) is 1. The minimum Gasteiger partial charge on any atom is -0.395 e. The van der Waals surface area contributed by atoms with E-state index >= 15 is 0 Å². The van der Waals surface area contributed by atoms with Crippen LogP contribution in [0.5, 0.6) is 0 Å². The van der Waals surface area contributed by atoms with Crippen molar-refractivity contribution in [1.82, 2.24) is 4.90 Å². The molecule has 3 atom stereocenters. The fourth-order valence-corrected chi connectivity index (χ4v) is 3.08. The van der Waals surface area contributed by atoms with E-state index in [1.807, 2.05) is 11.0 Å². The first-order chi connectivity index (χ1) is 10.2. The molecule has 1 heterocycles. The molecule has 3 N–H and O–H groups in total. The number of hydrogen-bond donors (Lipinski definition) is 3. The second kappa shape index (κ2) is 8.49. The number of aliphatic hydroxyl groups is 3. The summed E-state index contributed by atoms with van der Waals surface area (Å²) in [6.07, 6.45) is 4.17. The van der Waals surface area contributed by atoms with Gasteiger partial charge in [-0.3, -0.25) is 4.90 Å². The first-order valence-electron chi connectivity index (χ1n) is 7.97. The fraction of sp³-hybridized carbons (Fsp3) is 0.647. The molecule has 0 radical (unpaired) electrons. The minimum atomic E-state index is -0.812. The number of aliphatic hydroxyl groups excluding tert-OH is 3. The maximum atomic E-state index is 9.74. The molecule has 0 bridgehead atoms. The molecule has 0 aromatic heterocycles. The smallest absolute Gasteiger partial charge is 0.0988 e. The number of aryl methyl sites for hydroxylation is 1. The summed E-state index contributed by atoms with van der Waals surface area (Å²) >= 11 is 0. The number of β-amino-alcohol motifs (C(OH)–C–C–N with tert-alkyl or cyclic N) is 1. The SMILES string of the molecule is OC[C@@H]1[C@@H](O)[C@H](O)CN1CCCCCCc1ccccc1. The summed E-state index contributed by atoms with van der Waals surface area (Å²) in [7, 11) is 0. The number of rotatable bonds is 8. The van der Waals surface area contributed by atoms with Gasteiger partial charge in [-0.15, -0.1) is 0 Å². The van der Waals surface area contributed by atoms with Gasteiger partial charge in [0.2, 0.25) is 0 Å². The molecule has 118 valence electrons. The summed E-state index contributed by atoms with van der Waals surface area (Å²) < 4.78 is 0. The maximum absolute atomic E-state index is 9.74. The molecule has 2 rings (SSSR count). The summed E-state index contributed by atoms with van der Waals surface area (Å²) in [5.41, 5.74) is 1.39. The van der Waals surface area contributed by atoms with E-state index in [2.05, 4.69) is 24.3 Å². The topological polar surface area (TPSA) is 63.9 Å². The van der Waals surface area contributed by atoms with Crippen LogP contribution in [0.1, 0.15) is 31.2 Å². The van der Waals surface area contributed by atoms with E-state index in [9.17, 15) is 15.3 Å². The molecule has 1 saturated heterocycles. The molecular formula is C17H27NO3. The van der Waals surface area contributed by atoms with Gasteiger partial charge in [0, 0.05) is 6.54 Å². The Morgan fingerprint density at radius 1 is 1.00 bits per heavy atom. The Bertz CT molecular complexity index is 398. The molecule has 0 spiro atoms. The first kappa shape index (κ1) is 16.4. The Hall–Kier alpha value is -0.940. The van der Waals surface area contributed by atoms with Crippen LogP contribution in [0.2, 0.25) is 0 Å². The first-order valence-corrected chi connectivity index (χ1v) is 7.97. The molecular weight excluding hydrogens is 266 g/mol. The standard InChI is InChI=1S/C17H27NO3/c19-13-15-17(21)16(20)12-18(15)11-7-2-1-4-8-14-9-5-3-6-10-14/h3,5-6,9-10,15-17,19-21H,1-2,4,7-8,11-13H2/t15-,16-,17-/m1/s1. The Morgan fingerprint density at radius 2 is 1.71 bits per heavy atom. The van der Waals surface area contributed by atoms with Crippen molar-refractivity contribution >= 4 is 0 Å². The van der Waals surface area contributed by atoms with Crippen LogP contribution in [0.4, 0.5) is 0 Å². The van der Waals surface area contributed by atoms with Gasteiger partial charge in [-0.25, -0.2) is 0 Å². The predicted octanol–water partition coefficient (Wildman–Crippen LogP) is 1.19. The van der Waals surface area contributed by atoms with Crippen molar-refractivity contribution in [2.45, 2.75) is 50.4 Å². The lowest BCUT2D eigenvalue weighted by Crippen LogP contribution is -2.39. The summed E-state index contributed by atoms with van der Waals surface area (Å²) in [6, 6.07) is 10.2. The van der Waals surface area contributed by atoms with Crippen molar-refractivity contribution < 1.29 is 15.3 Å². The molecule has 0 amide bonds. The average molecular weight is 293 g/mol. The predicted molar refractivity (Wildman–Crippen MR) is 83.1 cm³/mol. The third kappa shape index (κ3) is 4.78. The average Bonchev–Trinajstić information content (AvgIpc) is 2.78. The lowest BCUT2D eigenvalue weighted by molar-refractivity contribution is 0.0216. The highest BCUT2D eigenvalue weighted by molar-refractivity contribution is 5.14. The van der Waals surface area contributed by atoms with Gasteiger partial charge in [0.25, 0.3) is 0 Å². The van der Waals surface area contributed by atoms with E-state index in [4.69, 9.17) is 0 Å². The third-order valence-corrected chi connectivity index (χ3v) is 4.37. The Labute approximate surface area is 127 Å². The van der Waals surface area contributed by atoms with Gasteiger partial charge in [0.1, 0.15) is 0 Å². The van der Waals surface area contributed by atoms with Gasteiger partial charge in [-0.05, 0) is 31.4 Å². The molecule has 4 nitrogen and oxygen atoms in total. The zero-order valence-corrected chi connectivity index (χ0v) is 12.6. The molecule has 21 heavy (non-hydrogen) atoms. The minimum absolute atomic E-state index is 0.0910. The van der Waals surface area contributed by atoms with Crippen molar-refractivity contribution in [3.63, 3.8) is 0 Å². The zero-order chi connectivity index (χ0) is 15.1.